The number of rotatable bonds is 16. The molecule has 0 aliphatic heterocycles. The Morgan fingerprint density at radius 2 is 1.28 bits per heavy atom. The van der Waals surface area contributed by atoms with E-state index in [-0.39, 0.29) is 11.7 Å². The summed E-state index contributed by atoms with van der Waals surface area (Å²) in [6, 6.07) is 14.9. The number of carbonyl (C=O) groups is 1. The Balaban J connectivity index is 1.53. The first-order valence-electron chi connectivity index (χ1n) is 12.5. The number of anilines is 1. The van der Waals surface area contributed by atoms with E-state index >= 15 is 0 Å². The molecule has 3 nitrogen and oxygen atoms in total. The van der Waals surface area contributed by atoms with Crippen molar-refractivity contribution in [3.05, 3.63) is 65.7 Å². The number of phenols is 1. The Morgan fingerprint density at radius 3 is 1.84 bits per heavy atom. The van der Waals surface area contributed by atoms with Gasteiger partial charge in [0.1, 0.15) is 5.75 Å². The average molecular weight is 436 g/mol. The van der Waals surface area contributed by atoms with Crippen LogP contribution in [0.1, 0.15) is 95.1 Å². The van der Waals surface area contributed by atoms with Crippen molar-refractivity contribution in [2.75, 3.05) is 5.32 Å². The maximum Gasteiger partial charge on any atom is 0.248 e. The highest BCUT2D eigenvalue weighted by molar-refractivity contribution is 6.01. The summed E-state index contributed by atoms with van der Waals surface area (Å²) in [5.41, 5.74) is 3.01. The quantitative estimate of drug-likeness (QED) is 0.206. The third kappa shape index (κ3) is 11.7. The molecule has 3 heteroatoms. The van der Waals surface area contributed by atoms with E-state index in [1.807, 2.05) is 12.1 Å². The third-order valence-corrected chi connectivity index (χ3v) is 5.86. The number of benzene rings is 2. The van der Waals surface area contributed by atoms with Gasteiger partial charge in [-0.25, -0.2) is 0 Å². The topological polar surface area (TPSA) is 49.3 Å². The molecule has 0 unspecified atom stereocenters. The molecule has 32 heavy (non-hydrogen) atoms. The molecule has 0 aliphatic carbocycles. The van der Waals surface area contributed by atoms with Crippen LogP contribution >= 0.6 is 0 Å². The molecule has 0 radical (unpaired) electrons. The van der Waals surface area contributed by atoms with Gasteiger partial charge in [-0.15, -0.1) is 0 Å². The van der Waals surface area contributed by atoms with E-state index in [1.165, 1.54) is 88.7 Å². The van der Waals surface area contributed by atoms with Crippen molar-refractivity contribution >= 4 is 17.7 Å². The summed E-state index contributed by atoms with van der Waals surface area (Å²) < 4.78 is 0. The van der Waals surface area contributed by atoms with Crippen molar-refractivity contribution in [3.63, 3.8) is 0 Å². The highest BCUT2D eigenvalue weighted by Gasteiger charge is 2.00. The van der Waals surface area contributed by atoms with Gasteiger partial charge in [-0.3, -0.25) is 4.79 Å². The second-order valence-electron chi connectivity index (χ2n) is 8.75. The summed E-state index contributed by atoms with van der Waals surface area (Å²) in [5.74, 6) is 0.0574. The van der Waals surface area contributed by atoms with Crippen LogP contribution in [0.5, 0.6) is 5.75 Å². The summed E-state index contributed by atoms with van der Waals surface area (Å²) in [7, 11) is 0. The molecule has 2 N–H and O–H groups in total. The number of hydrogen-bond acceptors (Lipinski definition) is 2. The van der Waals surface area contributed by atoms with E-state index in [1.54, 1.807) is 30.3 Å². The lowest BCUT2D eigenvalue weighted by atomic mass is 10.0. The van der Waals surface area contributed by atoms with E-state index in [0.717, 1.165) is 17.7 Å². The molecule has 2 rings (SSSR count). The third-order valence-electron chi connectivity index (χ3n) is 5.86. The van der Waals surface area contributed by atoms with Crippen LogP contribution in [0.4, 0.5) is 5.69 Å². The van der Waals surface area contributed by atoms with Gasteiger partial charge in [0.25, 0.3) is 0 Å². The average Bonchev–Trinajstić information content (AvgIpc) is 2.80. The Labute approximate surface area is 195 Å². The Morgan fingerprint density at radius 1 is 0.750 bits per heavy atom. The minimum absolute atomic E-state index is 0.160. The predicted octanol–water partition coefficient (Wildman–Crippen LogP) is 8.29. The van der Waals surface area contributed by atoms with Crippen molar-refractivity contribution in [1.82, 2.24) is 0 Å². The molecule has 0 saturated heterocycles. The highest BCUT2D eigenvalue weighted by Crippen LogP contribution is 2.15. The Bertz CT molecular complexity index is 778. The van der Waals surface area contributed by atoms with Crippen molar-refractivity contribution in [3.8, 4) is 5.75 Å². The number of aryl methyl sites for hydroxylation is 1. The van der Waals surface area contributed by atoms with Crippen molar-refractivity contribution < 1.29 is 9.90 Å². The van der Waals surface area contributed by atoms with Crippen LogP contribution < -0.4 is 5.32 Å². The zero-order valence-electron chi connectivity index (χ0n) is 19.8. The smallest absolute Gasteiger partial charge is 0.248 e. The van der Waals surface area contributed by atoms with Crippen LogP contribution in [0.25, 0.3) is 6.08 Å². The van der Waals surface area contributed by atoms with Crippen LogP contribution in [-0.2, 0) is 11.2 Å². The van der Waals surface area contributed by atoms with E-state index in [0.29, 0.717) is 0 Å². The second kappa shape index (κ2) is 16.1. The molecule has 1 amide bonds. The highest BCUT2D eigenvalue weighted by atomic mass is 16.3. The normalized spacial score (nSPS) is 11.2. The van der Waals surface area contributed by atoms with E-state index in [4.69, 9.17) is 0 Å². The molecular formula is C29H41NO2. The zero-order valence-corrected chi connectivity index (χ0v) is 19.8. The standard InChI is InChI=1S/C29H41NO2/c1-2-3-4-5-6-7-8-9-10-11-12-13-14-25-15-20-27(21-16-25)30-29(32)24-19-26-17-22-28(31)23-18-26/h15-24,31H,2-14H2,1H3,(H,30,32)/b24-19+. The SMILES string of the molecule is CCCCCCCCCCCCCCc1ccc(NC(=O)/C=C/c2ccc(O)cc2)cc1. The van der Waals surface area contributed by atoms with Crippen molar-refractivity contribution in [2.24, 2.45) is 0 Å². The number of hydrogen-bond donors (Lipinski definition) is 2. The van der Waals surface area contributed by atoms with Gasteiger partial charge in [-0.1, -0.05) is 102 Å². The molecular weight excluding hydrogens is 394 g/mol. The number of carbonyl (C=O) groups excluding carboxylic acids is 1. The molecule has 0 saturated carbocycles. The molecule has 0 aromatic heterocycles. The maximum absolute atomic E-state index is 12.1. The van der Waals surface area contributed by atoms with Gasteiger partial charge < -0.3 is 10.4 Å². The lowest BCUT2D eigenvalue weighted by Crippen LogP contribution is -2.07. The molecule has 0 fully saturated rings. The molecule has 0 spiro atoms. The Kier molecular flexibility index (Phi) is 13.0. The molecule has 0 heterocycles. The van der Waals surface area contributed by atoms with Gasteiger partial charge in [0.05, 0.1) is 0 Å². The predicted molar refractivity (Wildman–Crippen MR) is 137 cm³/mol. The number of nitrogens with one attached hydrogen (secondary N) is 1. The minimum atomic E-state index is -0.160. The monoisotopic (exact) mass is 435 g/mol. The van der Waals surface area contributed by atoms with Gasteiger partial charge in [0.2, 0.25) is 5.91 Å². The van der Waals surface area contributed by atoms with Gasteiger partial charge >= 0.3 is 0 Å². The van der Waals surface area contributed by atoms with Gasteiger partial charge in [-0.2, -0.15) is 0 Å². The maximum atomic E-state index is 12.1. The fourth-order valence-corrected chi connectivity index (χ4v) is 3.87. The van der Waals surface area contributed by atoms with Crippen LogP contribution in [-0.4, -0.2) is 11.0 Å². The summed E-state index contributed by atoms with van der Waals surface area (Å²) >= 11 is 0. The van der Waals surface area contributed by atoms with E-state index in [2.05, 4.69) is 24.4 Å². The molecule has 0 aliphatic rings. The number of phenolic OH excluding ortho intramolecular Hbond substituents is 1. The zero-order chi connectivity index (χ0) is 22.9. The fourth-order valence-electron chi connectivity index (χ4n) is 3.87. The molecule has 0 bridgehead atoms. The van der Waals surface area contributed by atoms with Crippen molar-refractivity contribution in [1.29, 1.82) is 0 Å². The first-order chi connectivity index (χ1) is 15.7. The van der Waals surface area contributed by atoms with Crippen LogP contribution in [0.2, 0.25) is 0 Å². The fraction of sp³-hybridized carbons (Fsp3) is 0.483. The summed E-state index contributed by atoms with van der Waals surface area (Å²) in [5, 5.41) is 12.2. The summed E-state index contributed by atoms with van der Waals surface area (Å²) in [4.78, 5) is 12.1. The summed E-state index contributed by atoms with van der Waals surface area (Å²) in [6.07, 6.45) is 20.8. The first-order valence-corrected chi connectivity index (χ1v) is 12.5. The largest absolute Gasteiger partial charge is 0.508 e. The molecule has 2 aromatic carbocycles. The lowest BCUT2D eigenvalue weighted by Gasteiger charge is -2.06. The van der Waals surface area contributed by atoms with Crippen LogP contribution in [0.15, 0.2) is 54.6 Å². The number of aromatic hydroxyl groups is 1. The summed E-state index contributed by atoms with van der Waals surface area (Å²) in [6.45, 7) is 2.27. The van der Waals surface area contributed by atoms with E-state index in [9.17, 15) is 9.90 Å². The Hall–Kier alpha value is -2.55. The van der Waals surface area contributed by atoms with Gasteiger partial charge in [0, 0.05) is 11.8 Å². The first kappa shape index (κ1) is 25.7. The van der Waals surface area contributed by atoms with E-state index < -0.39 is 0 Å². The molecule has 174 valence electrons. The van der Waals surface area contributed by atoms with Gasteiger partial charge in [-0.05, 0) is 54.3 Å². The van der Waals surface area contributed by atoms with Crippen LogP contribution in [0.3, 0.4) is 0 Å². The van der Waals surface area contributed by atoms with Crippen LogP contribution in [0, 0.1) is 0 Å². The minimum Gasteiger partial charge on any atom is -0.508 e. The number of unbranched alkanes of at least 4 members (excludes halogenated alkanes) is 11. The van der Waals surface area contributed by atoms with Crippen molar-refractivity contribution in [2.45, 2.75) is 90.4 Å². The molecule has 2 aromatic rings. The molecule has 0 atom stereocenters. The lowest BCUT2D eigenvalue weighted by molar-refractivity contribution is -0.111. The number of amides is 1. The van der Waals surface area contributed by atoms with Gasteiger partial charge in [0.15, 0.2) is 0 Å². The second-order valence-corrected chi connectivity index (χ2v) is 8.75.